The second-order valence-corrected chi connectivity index (χ2v) is 5.86. The summed E-state index contributed by atoms with van der Waals surface area (Å²) in [7, 11) is 0. The highest BCUT2D eigenvalue weighted by Crippen LogP contribution is 2.21. The van der Waals surface area contributed by atoms with Crippen LogP contribution in [0.25, 0.3) is 5.57 Å². The minimum Gasteiger partial charge on any atom is -0.427 e. The van der Waals surface area contributed by atoms with E-state index in [0.29, 0.717) is 19.5 Å². The average molecular weight is 292 g/mol. The third-order valence-corrected chi connectivity index (χ3v) is 2.91. The van der Waals surface area contributed by atoms with Crippen LogP contribution >= 0.6 is 0 Å². The predicted octanol–water partition coefficient (Wildman–Crippen LogP) is 2.33. The third kappa shape index (κ3) is 4.75. The van der Waals surface area contributed by atoms with Crippen LogP contribution in [0.4, 0.5) is 4.79 Å². The van der Waals surface area contributed by atoms with E-state index in [1.54, 1.807) is 38.1 Å². The molecule has 1 aliphatic rings. The minimum absolute atomic E-state index is 0.124. The summed E-state index contributed by atoms with van der Waals surface area (Å²) in [6, 6.07) is 3.42. The van der Waals surface area contributed by atoms with E-state index in [9.17, 15) is 9.59 Å². The van der Waals surface area contributed by atoms with Gasteiger partial charge in [-0.05, 0) is 44.4 Å². The Morgan fingerprint density at radius 2 is 2.14 bits per heavy atom. The molecule has 0 spiro atoms. The molecule has 0 saturated carbocycles. The number of nitrogens with zero attached hydrogens (tertiary/aromatic N) is 1. The van der Waals surface area contributed by atoms with Crippen LogP contribution in [0.2, 0.25) is 0 Å². The van der Waals surface area contributed by atoms with E-state index in [4.69, 9.17) is 9.57 Å². The number of pyridine rings is 1. The molecule has 0 aliphatic carbocycles. The SMILES string of the molecule is CC(C)(C)OC(=O)ON1CC=C(c2cc[nH]c(=O)c2)CC1. The van der Waals surface area contributed by atoms with E-state index >= 15 is 0 Å². The first kappa shape index (κ1) is 15.3. The molecule has 21 heavy (non-hydrogen) atoms. The van der Waals surface area contributed by atoms with Crippen LogP contribution in [0, 0.1) is 0 Å². The molecule has 1 aliphatic heterocycles. The number of hydrogen-bond donors (Lipinski definition) is 1. The molecule has 1 aromatic rings. The highest BCUT2D eigenvalue weighted by atomic mass is 16.8. The van der Waals surface area contributed by atoms with Gasteiger partial charge in [0.1, 0.15) is 5.60 Å². The van der Waals surface area contributed by atoms with Crippen molar-refractivity contribution in [2.75, 3.05) is 13.1 Å². The molecule has 114 valence electrons. The fraction of sp³-hybridized carbons (Fsp3) is 0.467. The molecule has 1 N–H and O–H groups in total. The first-order chi connectivity index (χ1) is 9.83. The van der Waals surface area contributed by atoms with Crippen LogP contribution in [-0.4, -0.2) is 34.9 Å². The molecule has 6 nitrogen and oxygen atoms in total. The molecule has 0 bridgehead atoms. The van der Waals surface area contributed by atoms with Gasteiger partial charge in [-0.25, -0.2) is 4.79 Å². The third-order valence-electron chi connectivity index (χ3n) is 2.91. The Morgan fingerprint density at radius 1 is 1.38 bits per heavy atom. The standard InChI is InChI=1S/C15H20N2O4/c1-15(2,3)20-14(19)21-17-8-5-11(6-9-17)12-4-7-16-13(18)10-12/h4-5,7,10H,6,8-9H2,1-3H3,(H,16,18). The second kappa shape index (κ2) is 6.13. The number of carbonyl (C=O) groups is 1. The predicted molar refractivity (Wildman–Crippen MR) is 78.5 cm³/mol. The number of ether oxygens (including phenoxy) is 1. The number of aromatic nitrogens is 1. The van der Waals surface area contributed by atoms with Crippen LogP contribution in [0.3, 0.4) is 0 Å². The van der Waals surface area contributed by atoms with Gasteiger partial charge in [0.25, 0.3) is 0 Å². The van der Waals surface area contributed by atoms with Gasteiger partial charge in [-0.3, -0.25) is 4.79 Å². The van der Waals surface area contributed by atoms with Gasteiger partial charge in [0.2, 0.25) is 5.56 Å². The maximum Gasteiger partial charge on any atom is 0.528 e. The van der Waals surface area contributed by atoms with Crippen molar-refractivity contribution in [3.05, 3.63) is 40.3 Å². The van der Waals surface area contributed by atoms with Gasteiger partial charge < -0.3 is 14.6 Å². The van der Waals surface area contributed by atoms with Crippen molar-refractivity contribution in [3.8, 4) is 0 Å². The van der Waals surface area contributed by atoms with Gasteiger partial charge >= 0.3 is 6.16 Å². The molecule has 0 saturated heterocycles. The Labute approximate surface area is 123 Å². The van der Waals surface area contributed by atoms with E-state index in [2.05, 4.69) is 4.98 Å². The Balaban J connectivity index is 1.93. The molecule has 0 amide bonds. The quantitative estimate of drug-likeness (QED) is 0.847. The molecule has 2 heterocycles. The average Bonchev–Trinajstić information content (AvgIpc) is 2.37. The van der Waals surface area contributed by atoms with Gasteiger partial charge in [-0.15, -0.1) is 5.06 Å². The van der Waals surface area contributed by atoms with Gasteiger partial charge in [0, 0.05) is 18.8 Å². The van der Waals surface area contributed by atoms with Crippen molar-refractivity contribution in [3.63, 3.8) is 0 Å². The van der Waals surface area contributed by atoms with Crippen LogP contribution < -0.4 is 5.56 Å². The van der Waals surface area contributed by atoms with Crippen molar-refractivity contribution in [1.82, 2.24) is 10.0 Å². The fourth-order valence-corrected chi connectivity index (χ4v) is 2.01. The molecule has 0 unspecified atom stereocenters. The smallest absolute Gasteiger partial charge is 0.427 e. The van der Waals surface area contributed by atoms with E-state index < -0.39 is 11.8 Å². The van der Waals surface area contributed by atoms with Crippen molar-refractivity contribution >= 4 is 11.7 Å². The molecule has 6 heteroatoms. The molecule has 0 aromatic carbocycles. The lowest BCUT2D eigenvalue weighted by Gasteiger charge is -2.26. The topological polar surface area (TPSA) is 71.6 Å². The summed E-state index contributed by atoms with van der Waals surface area (Å²) in [5.41, 5.74) is 1.28. The van der Waals surface area contributed by atoms with Crippen LogP contribution in [0.15, 0.2) is 29.2 Å². The maximum atomic E-state index is 11.6. The molecule has 2 rings (SSSR count). The lowest BCUT2D eigenvalue weighted by Crippen LogP contribution is -2.34. The summed E-state index contributed by atoms with van der Waals surface area (Å²) in [5, 5.41) is 1.55. The highest BCUT2D eigenvalue weighted by molar-refractivity contribution is 5.66. The van der Waals surface area contributed by atoms with Gasteiger partial charge in [0.15, 0.2) is 0 Å². The van der Waals surface area contributed by atoms with E-state index in [1.165, 1.54) is 0 Å². The number of nitrogens with one attached hydrogen (secondary N) is 1. The number of hydrogen-bond acceptors (Lipinski definition) is 5. The zero-order valence-electron chi connectivity index (χ0n) is 12.5. The summed E-state index contributed by atoms with van der Waals surface area (Å²) in [6.07, 6.45) is 3.58. The van der Waals surface area contributed by atoms with Gasteiger partial charge in [0.05, 0.1) is 6.54 Å². The molecule has 0 atom stereocenters. The lowest BCUT2D eigenvalue weighted by atomic mass is 10.0. The normalized spacial score (nSPS) is 16.2. The zero-order chi connectivity index (χ0) is 15.5. The van der Waals surface area contributed by atoms with Crippen molar-refractivity contribution in [2.24, 2.45) is 0 Å². The van der Waals surface area contributed by atoms with Crippen molar-refractivity contribution in [1.29, 1.82) is 0 Å². The van der Waals surface area contributed by atoms with E-state index in [-0.39, 0.29) is 5.56 Å². The Hall–Kier alpha value is -2.08. The Bertz CT molecular complexity index is 598. The number of aromatic amines is 1. The minimum atomic E-state index is -0.699. The van der Waals surface area contributed by atoms with E-state index in [1.807, 2.05) is 12.1 Å². The van der Waals surface area contributed by atoms with Gasteiger partial charge in [-0.1, -0.05) is 6.08 Å². The first-order valence-corrected chi connectivity index (χ1v) is 6.87. The summed E-state index contributed by atoms with van der Waals surface area (Å²) < 4.78 is 5.10. The summed E-state index contributed by atoms with van der Waals surface area (Å²) in [5.74, 6) is 0. The maximum absolute atomic E-state index is 11.6. The van der Waals surface area contributed by atoms with Crippen LogP contribution in [0.1, 0.15) is 32.8 Å². The highest BCUT2D eigenvalue weighted by Gasteiger charge is 2.22. The molecule has 1 aromatic heterocycles. The molecule has 0 radical (unpaired) electrons. The van der Waals surface area contributed by atoms with Crippen LogP contribution in [0.5, 0.6) is 0 Å². The summed E-state index contributed by atoms with van der Waals surface area (Å²) in [6.45, 7) is 6.40. The molecular formula is C15H20N2O4. The number of H-pyrrole nitrogens is 1. The Morgan fingerprint density at radius 3 is 2.71 bits per heavy atom. The second-order valence-electron chi connectivity index (χ2n) is 5.86. The van der Waals surface area contributed by atoms with Crippen molar-refractivity contribution in [2.45, 2.75) is 32.8 Å². The largest absolute Gasteiger partial charge is 0.528 e. The summed E-state index contributed by atoms with van der Waals surface area (Å²) in [4.78, 5) is 30.6. The fourth-order valence-electron chi connectivity index (χ4n) is 2.01. The van der Waals surface area contributed by atoms with Crippen molar-refractivity contribution < 1.29 is 14.4 Å². The molecular weight excluding hydrogens is 272 g/mol. The van der Waals surface area contributed by atoms with Gasteiger partial charge in [-0.2, -0.15) is 0 Å². The monoisotopic (exact) mass is 292 g/mol. The summed E-state index contributed by atoms with van der Waals surface area (Å²) >= 11 is 0. The Kier molecular flexibility index (Phi) is 4.47. The molecule has 0 fully saturated rings. The lowest BCUT2D eigenvalue weighted by molar-refractivity contribution is -0.137. The zero-order valence-corrected chi connectivity index (χ0v) is 12.5. The number of rotatable bonds is 2. The van der Waals surface area contributed by atoms with Crippen LogP contribution in [-0.2, 0) is 9.57 Å². The van der Waals surface area contributed by atoms with E-state index in [0.717, 1.165) is 11.1 Å². The number of carbonyl (C=O) groups excluding carboxylic acids is 1. The first-order valence-electron chi connectivity index (χ1n) is 6.87. The number of hydroxylamine groups is 2.